The lowest BCUT2D eigenvalue weighted by Crippen LogP contribution is -2.44. The average molecular weight is 308 g/mol. The van der Waals surface area contributed by atoms with E-state index < -0.39 is 0 Å². The van der Waals surface area contributed by atoms with Crippen LogP contribution in [0.2, 0.25) is 0 Å². The Kier molecular flexibility index (Phi) is 3.38. The van der Waals surface area contributed by atoms with Gasteiger partial charge >= 0.3 is 0 Å². The number of hydrogen-bond donors (Lipinski definition) is 2. The van der Waals surface area contributed by atoms with Crippen LogP contribution in [0.15, 0.2) is 36.5 Å². The van der Waals surface area contributed by atoms with E-state index in [-0.39, 0.29) is 0 Å². The average Bonchev–Trinajstić information content (AvgIpc) is 2.96. The second kappa shape index (κ2) is 5.55. The minimum Gasteiger partial charge on any atom is -0.384 e. The number of aromatic amines is 1. The smallest absolute Gasteiger partial charge is 0.183 e. The molecule has 0 amide bonds. The second-order valence-corrected chi connectivity index (χ2v) is 6.07. The highest BCUT2D eigenvalue weighted by Crippen LogP contribution is 2.26. The molecule has 2 aromatic heterocycles. The van der Waals surface area contributed by atoms with Crippen molar-refractivity contribution in [1.82, 2.24) is 20.1 Å². The molecular weight excluding hydrogens is 288 g/mol. The van der Waals surface area contributed by atoms with E-state index >= 15 is 0 Å². The summed E-state index contributed by atoms with van der Waals surface area (Å²) < 4.78 is 0. The van der Waals surface area contributed by atoms with Crippen LogP contribution in [0.4, 0.5) is 11.5 Å². The highest BCUT2D eigenvalue weighted by Gasteiger charge is 2.14. The van der Waals surface area contributed by atoms with Gasteiger partial charge in [-0.05, 0) is 30.8 Å². The second-order valence-electron chi connectivity index (χ2n) is 6.07. The van der Waals surface area contributed by atoms with Crippen molar-refractivity contribution in [2.24, 2.45) is 0 Å². The molecule has 6 nitrogen and oxygen atoms in total. The topological polar surface area (TPSA) is 74.1 Å². The molecule has 3 heterocycles. The third kappa shape index (κ3) is 2.61. The molecule has 3 N–H and O–H groups in total. The fourth-order valence-electron chi connectivity index (χ4n) is 3.01. The Morgan fingerprint density at radius 1 is 1.04 bits per heavy atom. The maximum Gasteiger partial charge on any atom is 0.183 e. The van der Waals surface area contributed by atoms with Gasteiger partial charge in [-0.3, -0.25) is 5.10 Å². The zero-order chi connectivity index (χ0) is 15.8. The molecule has 1 aromatic carbocycles. The van der Waals surface area contributed by atoms with Gasteiger partial charge in [0.05, 0.1) is 5.39 Å². The number of rotatable bonds is 2. The highest BCUT2D eigenvalue weighted by atomic mass is 15.2. The number of likely N-dealkylation sites (N-methyl/N-ethyl adjacent to an activating group) is 1. The van der Waals surface area contributed by atoms with E-state index in [4.69, 9.17) is 5.73 Å². The molecule has 118 valence electrons. The molecule has 0 bridgehead atoms. The molecule has 6 heteroatoms. The number of nitrogens with two attached hydrogens (primary N) is 1. The fourth-order valence-corrected chi connectivity index (χ4v) is 3.01. The van der Waals surface area contributed by atoms with Crippen LogP contribution in [0.5, 0.6) is 0 Å². The number of nitrogens with zero attached hydrogens (tertiary/aromatic N) is 4. The molecule has 1 fully saturated rings. The molecule has 0 unspecified atom stereocenters. The molecular formula is C17H20N6. The van der Waals surface area contributed by atoms with Crippen LogP contribution in [0, 0.1) is 0 Å². The largest absolute Gasteiger partial charge is 0.384 e. The minimum atomic E-state index is 0.559. The van der Waals surface area contributed by atoms with Gasteiger partial charge in [-0.15, -0.1) is 0 Å². The third-order valence-corrected chi connectivity index (χ3v) is 4.51. The van der Waals surface area contributed by atoms with Gasteiger partial charge in [0.25, 0.3) is 0 Å². The molecule has 0 radical (unpaired) electrons. The van der Waals surface area contributed by atoms with Crippen molar-refractivity contribution >= 4 is 22.5 Å². The molecule has 1 aliphatic heterocycles. The fraction of sp³-hybridized carbons (Fsp3) is 0.294. The van der Waals surface area contributed by atoms with E-state index in [9.17, 15) is 0 Å². The van der Waals surface area contributed by atoms with Crippen LogP contribution in [-0.2, 0) is 0 Å². The summed E-state index contributed by atoms with van der Waals surface area (Å²) in [7, 11) is 2.17. The van der Waals surface area contributed by atoms with Crippen LogP contribution < -0.4 is 10.6 Å². The predicted molar refractivity (Wildman–Crippen MR) is 93.4 cm³/mol. The summed E-state index contributed by atoms with van der Waals surface area (Å²) in [6.45, 7) is 4.38. The summed E-state index contributed by atoms with van der Waals surface area (Å²) in [5.41, 5.74) is 10.0. The van der Waals surface area contributed by atoms with Crippen LogP contribution in [0.1, 0.15) is 0 Å². The molecule has 0 saturated carbocycles. The van der Waals surface area contributed by atoms with Crippen molar-refractivity contribution in [2.75, 3.05) is 43.9 Å². The normalized spacial score (nSPS) is 16.1. The molecule has 0 atom stereocenters. The molecule has 1 aliphatic rings. The van der Waals surface area contributed by atoms with Gasteiger partial charge in [-0.1, -0.05) is 12.1 Å². The molecule has 3 aromatic rings. The van der Waals surface area contributed by atoms with Crippen molar-refractivity contribution in [2.45, 2.75) is 0 Å². The van der Waals surface area contributed by atoms with Gasteiger partial charge in [0.2, 0.25) is 0 Å². The quantitative estimate of drug-likeness (QED) is 0.757. The molecule has 0 aliphatic carbocycles. The summed E-state index contributed by atoms with van der Waals surface area (Å²) in [6.07, 6.45) is 1.84. The first kappa shape index (κ1) is 14.0. The Morgan fingerprint density at radius 3 is 2.52 bits per heavy atom. The summed E-state index contributed by atoms with van der Waals surface area (Å²) in [5, 5.41) is 7.69. The maximum atomic E-state index is 5.89. The molecule has 1 saturated heterocycles. The van der Waals surface area contributed by atoms with Crippen molar-refractivity contribution in [3.05, 3.63) is 36.5 Å². The van der Waals surface area contributed by atoms with E-state index in [1.807, 2.05) is 12.3 Å². The lowest BCUT2D eigenvalue weighted by molar-refractivity contribution is 0.313. The summed E-state index contributed by atoms with van der Waals surface area (Å²) in [4.78, 5) is 9.15. The minimum absolute atomic E-state index is 0.559. The Morgan fingerprint density at radius 2 is 1.78 bits per heavy atom. The number of anilines is 2. The highest BCUT2D eigenvalue weighted by molar-refractivity contribution is 5.89. The van der Waals surface area contributed by atoms with E-state index in [0.717, 1.165) is 42.7 Å². The van der Waals surface area contributed by atoms with Gasteiger partial charge in [-0.25, -0.2) is 4.98 Å². The third-order valence-electron chi connectivity index (χ3n) is 4.51. The van der Waals surface area contributed by atoms with Crippen LogP contribution in [0.3, 0.4) is 0 Å². The lowest BCUT2D eigenvalue weighted by atomic mass is 10.1. The van der Waals surface area contributed by atoms with Crippen molar-refractivity contribution in [3.8, 4) is 11.1 Å². The van der Waals surface area contributed by atoms with Gasteiger partial charge in [0.1, 0.15) is 5.82 Å². The number of piperazine rings is 1. The summed E-state index contributed by atoms with van der Waals surface area (Å²) in [5.74, 6) is 0.559. The zero-order valence-electron chi connectivity index (χ0n) is 13.2. The van der Waals surface area contributed by atoms with E-state index in [1.54, 1.807) is 0 Å². The van der Waals surface area contributed by atoms with E-state index in [1.165, 1.54) is 5.69 Å². The first-order valence-electron chi connectivity index (χ1n) is 7.84. The Balaban J connectivity index is 1.60. The summed E-state index contributed by atoms with van der Waals surface area (Å²) >= 11 is 0. The first-order valence-corrected chi connectivity index (χ1v) is 7.84. The van der Waals surface area contributed by atoms with E-state index in [0.29, 0.717) is 11.5 Å². The number of pyridine rings is 1. The number of nitrogen functional groups attached to an aromatic ring is 1. The van der Waals surface area contributed by atoms with Crippen molar-refractivity contribution in [3.63, 3.8) is 0 Å². The van der Waals surface area contributed by atoms with Crippen molar-refractivity contribution in [1.29, 1.82) is 0 Å². The molecule has 4 rings (SSSR count). The Hall–Kier alpha value is -2.60. The summed E-state index contributed by atoms with van der Waals surface area (Å²) in [6, 6.07) is 10.7. The SMILES string of the molecule is CN1CCN(c2ccc(-c3cnc4n[nH]c(N)c4c3)cc2)CC1. The monoisotopic (exact) mass is 308 g/mol. The van der Waals surface area contributed by atoms with Crippen LogP contribution in [0.25, 0.3) is 22.2 Å². The lowest BCUT2D eigenvalue weighted by Gasteiger charge is -2.34. The van der Waals surface area contributed by atoms with Crippen LogP contribution in [-0.4, -0.2) is 53.3 Å². The number of aromatic nitrogens is 3. The van der Waals surface area contributed by atoms with Gasteiger partial charge in [-0.2, -0.15) is 5.10 Å². The number of hydrogen-bond acceptors (Lipinski definition) is 5. The zero-order valence-corrected chi connectivity index (χ0v) is 13.2. The predicted octanol–water partition coefficient (Wildman–Crippen LogP) is 1.96. The standard InChI is InChI=1S/C17H20N6/c1-22-6-8-23(9-7-22)14-4-2-12(3-5-14)13-10-15-16(18)20-21-17(15)19-11-13/h2-5,10-11H,6-9H2,1H3,(H3,18,19,20,21). The van der Waals surface area contributed by atoms with E-state index in [2.05, 4.69) is 56.3 Å². The van der Waals surface area contributed by atoms with Gasteiger partial charge in [0.15, 0.2) is 5.65 Å². The van der Waals surface area contributed by atoms with Gasteiger partial charge in [0, 0.05) is 43.6 Å². The Bertz CT molecular complexity index is 815. The van der Waals surface area contributed by atoms with Gasteiger partial charge < -0.3 is 15.5 Å². The Labute approximate surface area is 134 Å². The number of fused-ring (bicyclic) bond motifs is 1. The number of benzene rings is 1. The van der Waals surface area contributed by atoms with Crippen molar-refractivity contribution < 1.29 is 0 Å². The number of nitrogens with one attached hydrogen (secondary N) is 1. The molecule has 23 heavy (non-hydrogen) atoms. The van der Waals surface area contributed by atoms with Crippen LogP contribution >= 0.6 is 0 Å². The number of H-pyrrole nitrogens is 1. The first-order chi connectivity index (χ1) is 11.2. The molecule has 0 spiro atoms. The maximum absolute atomic E-state index is 5.89.